The summed E-state index contributed by atoms with van der Waals surface area (Å²) in [5.41, 5.74) is 4.91. The van der Waals surface area contributed by atoms with Crippen LogP contribution >= 0.6 is 0 Å². The van der Waals surface area contributed by atoms with E-state index >= 15 is 0 Å². The lowest BCUT2D eigenvalue weighted by Gasteiger charge is -2.19. The molecule has 2 nitrogen and oxygen atoms in total. The van der Waals surface area contributed by atoms with Crippen LogP contribution in [0.5, 0.6) is 0 Å². The smallest absolute Gasteiger partial charge is 0.159 e. The molecule has 0 bridgehead atoms. The van der Waals surface area contributed by atoms with Crippen molar-refractivity contribution in [2.24, 2.45) is 0 Å². The van der Waals surface area contributed by atoms with Gasteiger partial charge in [0.15, 0.2) is 5.58 Å². The maximum atomic E-state index is 13.2. The van der Waals surface area contributed by atoms with Crippen LogP contribution in [0.1, 0.15) is 25.3 Å². The van der Waals surface area contributed by atoms with E-state index in [0.717, 1.165) is 33.3 Å². The van der Waals surface area contributed by atoms with Crippen LogP contribution in [0.3, 0.4) is 0 Å². The zero-order valence-corrected chi connectivity index (χ0v) is 14.6. The Labute approximate surface area is 146 Å². The largest absolute Gasteiger partial charge is 0.454 e. The Morgan fingerprint density at radius 2 is 1.48 bits per heavy atom. The van der Waals surface area contributed by atoms with Gasteiger partial charge in [0.05, 0.1) is 5.69 Å². The predicted octanol–water partition coefficient (Wildman–Crippen LogP) is 6.62. The Bertz CT molecular complexity index is 1050. The quantitative estimate of drug-likeness (QED) is 0.419. The molecule has 4 aromatic rings. The molecule has 0 aliphatic carbocycles. The van der Waals surface area contributed by atoms with E-state index in [0.29, 0.717) is 5.92 Å². The van der Waals surface area contributed by atoms with E-state index in [4.69, 9.17) is 4.42 Å². The van der Waals surface area contributed by atoms with E-state index < -0.39 is 0 Å². The van der Waals surface area contributed by atoms with Gasteiger partial charge in [0, 0.05) is 23.5 Å². The number of hydrogen-bond acceptors (Lipinski definition) is 2. The number of para-hydroxylation sites is 2. The van der Waals surface area contributed by atoms with Gasteiger partial charge in [0.1, 0.15) is 11.4 Å². The summed E-state index contributed by atoms with van der Waals surface area (Å²) in [4.78, 5) is 2.03. The lowest BCUT2D eigenvalue weighted by Crippen LogP contribution is -2.09. The van der Waals surface area contributed by atoms with Gasteiger partial charge in [0.2, 0.25) is 0 Å². The van der Waals surface area contributed by atoms with Crippen molar-refractivity contribution in [2.45, 2.75) is 19.8 Å². The van der Waals surface area contributed by atoms with Crippen LogP contribution < -0.4 is 4.90 Å². The Morgan fingerprint density at radius 3 is 2.16 bits per heavy atom. The number of furan rings is 1. The molecular weight excluding hydrogens is 313 g/mol. The fraction of sp³-hybridized carbons (Fsp3) is 0.182. The van der Waals surface area contributed by atoms with Crippen LogP contribution in [-0.2, 0) is 0 Å². The maximum absolute atomic E-state index is 13.2. The van der Waals surface area contributed by atoms with E-state index in [1.807, 2.05) is 24.1 Å². The number of fused-ring (bicyclic) bond motifs is 3. The minimum absolute atomic E-state index is 0.235. The number of anilines is 2. The molecule has 4 rings (SSSR count). The lowest BCUT2D eigenvalue weighted by atomic mass is 10.0. The molecule has 3 aromatic carbocycles. The van der Waals surface area contributed by atoms with Crippen molar-refractivity contribution in [3.63, 3.8) is 0 Å². The van der Waals surface area contributed by atoms with Crippen molar-refractivity contribution in [3.05, 3.63) is 72.0 Å². The summed E-state index contributed by atoms with van der Waals surface area (Å²) in [6, 6.07) is 19.0. The third kappa shape index (κ3) is 2.56. The summed E-state index contributed by atoms with van der Waals surface area (Å²) >= 11 is 0. The molecule has 0 aliphatic heterocycles. The first-order chi connectivity index (χ1) is 12.1. The Hall–Kier alpha value is -2.81. The molecule has 0 fully saturated rings. The van der Waals surface area contributed by atoms with Gasteiger partial charge in [-0.1, -0.05) is 44.2 Å². The highest BCUT2D eigenvalue weighted by Crippen LogP contribution is 2.39. The first-order valence-electron chi connectivity index (χ1n) is 8.49. The van der Waals surface area contributed by atoms with E-state index in [2.05, 4.69) is 38.1 Å². The molecule has 25 heavy (non-hydrogen) atoms. The first kappa shape index (κ1) is 15.7. The summed E-state index contributed by atoms with van der Waals surface area (Å²) in [6.07, 6.45) is 0. The third-order valence-electron chi connectivity index (χ3n) is 4.73. The lowest BCUT2D eigenvalue weighted by molar-refractivity contribution is 0.628. The van der Waals surface area contributed by atoms with Gasteiger partial charge in [-0.05, 0) is 41.8 Å². The number of nitrogens with zero attached hydrogens (tertiary/aromatic N) is 1. The summed E-state index contributed by atoms with van der Waals surface area (Å²) in [5.74, 6) is 0.156. The molecule has 0 saturated heterocycles. The molecule has 0 aliphatic rings. The van der Waals surface area contributed by atoms with E-state index in [-0.39, 0.29) is 5.82 Å². The van der Waals surface area contributed by atoms with E-state index in [9.17, 15) is 4.39 Å². The monoisotopic (exact) mass is 333 g/mol. The molecule has 126 valence electrons. The maximum Gasteiger partial charge on any atom is 0.159 e. The van der Waals surface area contributed by atoms with Crippen LogP contribution in [0.4, 0.5) is 15.8 Å². The van der Waals surface area contributed by atoms with Crippen molar-refractivity contribution in [3.8, 4) is 0 Å². The zero-order chi connectivity index (χ0) is 17.6. The Morgan fingerprint density at radius 1 is 0.840 bits per heavy atom. The van der Waals surface area contributed by atoms with Crippen molar-refractivity contribution in [1.82, 2.24) is 0 Å². The minimum atomic E-state index is -0.235. The summed E-state index contributed by atoms with van der Waals surface area (Å²) < 4.78 is 19.6. The van der Waals surface area contributed by atoms with Gasteiger partial charge < -0.3 is 9.32 Å². The highest BCUT2D eigenvalue weighted by atomic mass is 19.1. The fourth-order valence-corrected chi connectivity index (χ4v) is 3.35. The predicted molar refractivity (Wildman–Crippen MR) is 102 cm³/mol. The SMILES string of the molecule is CC(C)c1cccc2c1oc1c(N(C)c3ccc(F)cc3)cccc12. The van der Waals surface area contributed by atoms with Gasteiger partial charge in [-0.25, -0.2) is 4.39 Å². The van der Waals surface area contributed by atoms with Crippen molar-refractivity contribution in [1.29, 1.82) is 0 Å². The summed E-state index contributed by atoms with van der Waals surface area (Å²) in [7, 11) is 1.97. The number of rotatable bonds is 3. The topological polar surface area (TPSA) is 16.4 Å². The Balaban J connectivity index is 1.94. The summed E-state index contributed by atoms with van der Waals surface area (Å²) in [6.45, 7) is 4.35. The van der Waals surface area contributed by atoms with Crippen molar-refractivity contribution < 1.29 is 8.81 Å². The molecule has 0 radical (unpaired) electrons. The van der Waals surface area contributed by atoms with Gasteiger partial charge in [-0.15, -0.1) is 0 Å². The van der Waals surface area contributed by atoms with Crippen LogP contribution in [0.15, 0.2) is 65.1 Å². The second kappa shape index (κ2) is 5.92. The van der Waals surface area contributed by atoms with Crippen LogP contribution in [-0.4, -0.2) is 7.05 Å². The Kier molecular flexibility index (Phi) is 3.72. The van der Waals surface area contributed by atoms with E-state index in [1.165, 1.54) is 17.7 Å². The first-order valence-corrected chi connectivity index (χ1v) is 8.49. The van der Waals surface area contributed by atoms with E-state index in [1.54, 1.807) is 12.1 Å². The average molecular weight is 333 g/mol. The molecule has 3 heteroatoms. The summed E-state index contributed by atoms with van der Waals surface area (Å²) in [5, 5.41) is 2.24. The molecule has 0 amide bonds. The molecule has 1 aromatic heterocycles. The standard InChI is InChI=1S/C22H20FNO/c1-14(2)17-6-4-7-18-19-8-5-9-20(22(19)25-21(17)18)24(3)16-12-10-15(23)11-13-16/h4-14H,1-3H3. The number of hydrogen-bond donors (Lipinski definition) is 0. The molecule has 0 atom stereocenters. The highest BCUT2D eigenvalue weighted by molar-refractivity contribution is 6.10. The molecule has 0 unspecified atom stereocenters. The second-order valence-corrected chi connectivity index (χ2v) is 6.67. The molecular formula is C22H20FNO. The van der Waals surface area contributed by atoms with Crippen LogP contribution in [0, 0.1) is 5.82 Å². The van der Waals surface area contributed by atoms with Crippen LogP contribution in [0.2, 0.25) is 0 Å². The molecule has 0 spiro atoms. The molecule has 0 N–H and O–H groups in total. The average Bonchev–Trinajstić information content (AvgIpc) is 3.00. The van der Waals surface area contributed by atoms with Gasteiger partial charge in [0.25, 0.3) is 0 Å². The fourth-order valence-electron chi connectivity index (χ4n) is 3.35. The molecule has 1 heterocycles. The normalized spacial score (nSPS) is 11.6. The van der Waals surface area contributed by atoms with Crippen molar-refractivity contribution >= 4 is 33.3 Å². The minimum Gasteiger partial charge on any atom is -0.454 e. The van der Waals surface area contributed by atoms with Gasteiger partial charge >= 0.3 is 0 Å². The molecule has 0 saturated carbocycles. The van der Waals surface area contributed by atoms with Crippen molar-refractivity contribution in [2.75, 3.05) is 11.9 Å². The third-order valence-corrected chi connectivity index (χ3v) is 4.73. The van der Waals surface area contributed by atoms with Gasteiger partial charge in [-0.3, -0.25) is 0 Å². The highest BCUT2D eigenvalue weighted by Gasteiger charge is 2.17. The van der Waals surface area contributed by atoms with Crippen LogP contribution in [0.25, 0.3) is 21.9 Å². The van der Waals surface area contributed by atoms with Gasteiger partial charge in [-0.2, -0.15) is 0 Å². The zero-order valence-electron chi connectivity index (χ0n) is 14.6. The number of halogens is 1. The number of benzene rings is 3. The second-order valence-electron chi connectivity index (χ2n) is 6.67.